The van der Waals surface area contributed by atoms with E-state index in [1.54, 1.807) is 11.9 Å². The first-order valence-corrected chi connectivity index (χ1v) is 10.8. The number of hydrogen-bond acceptors (Lipinski definition) is 4. The zero-order valence-corrected chi connectivity index (χ0v) is 18.2. The first-order chi connectivity index (χ1) is 15.5. The first-order valence-electron chi connectivity index (χ1n) is 10.8. The number of urea groups is 1. The van der Waals surface area contributed by atoms with Gasteiger partial charge in [-0.25, -0.2) is 4.79 Å². The molecule has 2 aromatic carbocycles. The van der Waals surface area contributed by atoms with E-state index in [4.69, 9.17) is 10.5 Å². The van der Waals surface area contributed by atoms with E-state index >= 15 is 0 Å². The molecule has 1 aromatic heterocycles. The van der Waals surface area contributed by atoms with E-state index in [2.05, 4.69) is 21.3 Å². The summed E-state index contributed by atoms with van der Waals surface area (Å²) in [5.74, 6) is -0.189. The Bertz CT molecular complexity index is 1090. The summed E-state index contributed by atoms with van der Waals surface area (Å²) < 4.78 is 5.47. The number of H-pyrrole nitrogens is 1. The molecule has 8 heteroatoms. The molecule has 1 aliphatic rings. The molecule has 8 nitrogen and oxygen atoms in total. The van der Waals surface area contributed by atoms with Gasteiger partial charge in [-0.15, -0.1) is 0 Å². The van der Waals surface area contributed by atoms with Gasteiger partial charge in [0.1, 0.15) is 6.04 Å². The van der Waals surface area contributed by atoms with E-state index in [0.717, 1.165) is 40.8 Å². The van der Waals surface area contributed by atoms with Gasteiger partial charge < -0.3 is 30.6 Å². The SMILES string of the molecule is CN(Cc1ccccc1N1CCOCC1)C(=O)[C@H](Cc1c[nH]c2ccccc12)NC(N)=O. The summed E-state index contributed by atoms with van der Waals surface area (Å²) in [5.41, 5.74) is 9.49. The number of carbonyl (C=O) groups excluding carboxylic acids is 2. The van der Waals surface area contributed by atoms with Crippen LogP contribution in [0.4, 0.5) is 10.5 Å². The van der Waals surface area contributed by atoms with Crippen molar-refractivity contribution < 1.29 is 14.3 Å². The lowest BCUT2D eigenvalue weighted by molar-refractivity contribution is -0.132. The minimum absolute atomic E-state index is 0.189. The van der Waals surface area contributed by atoms with Gasteiger partial charge in [0, 0.05) is 55.9 Å². The number of nitrogens with zero attached hydrogens (tertiary/aromatic N) is 2. The second-order valence-corrected chi connectivity index (χ2v) is 8.05. The average Bonchev–Trinajstić information content (AvgIpc) is 3.21. The fourth-order valence-corrected chi connectivity index (χ4v) is 4.25. The van der Waals surface area contributed by atoms with E-state index in [1.165, 1.54) is 0 Å². The second kappa shape index (κ2) is 9.74. The Labute approximate surface area is 187 Å². The van der Waals surface area contributed by atoms with Gasteiger partial charge in [-0.2, -0.15) is 0 Å². The zero-order chi connectivity index (χ0) is 22.5. The number of ether oxygens (including phenoxy) is 1. The topological polar surface area (TPSA) is 104 Å². The molecule has 0 radical (unpaired) electrons. The highest BCUT2D eigenvalue weighted by Gasteiger charge is 2.26. The minimum Gasteiger partial charge on any atom is -0.378 e. The fourth-order valence-electron chi connectivity index (χ4n) is 4.25. The molecule has 1 fully saturated rings. The van der Waals surface area contributed by atoms with Crippen molar-refractivity contribution in [2.75, 3.05) is 38.3 Å². The minimum atomic E-state index is -0.757. The maximum Gasteiger partial charge on any atom is 0.312 e. The molecule has 1 saturated heterocycles. The fraction of sp³-hybridized carbons (Fsp3) is 0.333. The number of morpholine rings is 1. The Morgan fingerprint density at radius 3 is 2.62 bits per heavy atom. The molecule has 0 saturated carbocycles. The molecule has 32 heavy (non-hydrogen) atoms. The highest BCUT2D eigenvalue weighted by atomic mass is 16.5. The van der Waals surface area contributed by atoms with Gasteiger partial charge in [-0.05, 0) is 23.3 Å². The van der Waals surface area contributed by atoms with Crippen LogP contribution >= 0.6 is 0 Å². The molecule has 0 aliphatic carbocycles. The molecule has 0 bridgehead atoms. The third-order valence-electron chi connectivity index (χ3n) is 5.84. The Hall–Kier alpha value is -3.52. The predicted octanol–water partition coefficient (Wildman–Crippen LogP) is 2.24. The van der Waals surface area contributed by atoms with Crippen LogP contribution in [0, 0.1) is 0 Å². The first kappa shape index (κ1) is 21.7. The van der Waals surface area contributed by atoms with Crippen molar-refractivity contribution in [2.45, 2.75) is 19.0 Å². The third kappa shape index (κ3) is 4.86. The molecule has 3 aromatic rings. The Morgan fingerprint density at radius 2 is 1.84 bits per heavy atom. The number of hydrogen-bond donors (Lipinski definition) is 3. The number of fused-ring (bicyclic) bond motifs is 1. The average molecular weight is 436 g/mol. The normalized spacial score (nSPS) is 14.8. The number of nitrogens with one attached hydrogen (secondary N) is 2. The van der Waals surface area contributed by atoms with Crippen LogP contribution in [0.5, 0.6) is 0 Å². The van der Waals surface area contributed by atoms with Gasteiger partial charge in [-0.3, -0.25) is 4.79 Å². The number of amides is 3. The van der Waals surface area contributed by atoms with Crippen molar-refractivity contribution in [1.82, 2.24) is 15.2 Å². The number of benzene rings is 2. The van der Waals surface area contributed by atoms with E-state index in [1.807, 2.05) is 48.7 Å². The van der Waals surface area contributed by atoms with Crippen molar-refractivity contribution in [3.05, 3.63) is 65.9 Å². The van der Waals surface area contributed by atoms with Gasteiger partial charge in [0.25, 0.3) is 0 Å². The number of primary amides is 1. The van der Waals surface area contributed by atoms with Crippen molar-refractivity contribution >= 4 is 28.5 Å². The number of rotatable bonds is 7. The maximum absolute atomic E-state index is 13.3. The Kier molecular flexibility index (Phi) is 6.61. The van der Waals surface area contributed by atoms with Crippen LogP contribution in [0.15, 0.2) is 54.7 Å². The summed E-state index contributed by atoms with van der Waals surface area (Å²) in [7, 11) is 1.75. The molecule has 3 amide bonds. The number of likely N-dealkylation sites (N-methyl/N-ethyl adjacent to an activating group) is 1. The lowest BCUT2D eigenvalue weighted by atomic mass is 10.0. The number of carbonyl (C=O) groups is 2. The molecule has 168 valence electrons. The predicted molar refractivity (Wildman–Crippen MR) is 124 cm³/mol. The Morgan fingerprint density at radius 1 is 1.12 bits per heavy atom. The van der Waals surface area contributed by atoms with E-state index < -0.39 is 12.1 Å². The standard InChI is InChI=1S/C24H29N5O3/c1-28(16-17-6-2-5-9-22(17)29-10-12-32-13-11-29)23(30)21(27-24(25)31)14-18-15-26-20-8-4-3-7-19(18)20/h2-9,15,21,26H,10-14,16H2,1H3,(H3,25,27,31)/t21-/m0/s1. The van der Waals surface area contributed by atoms with Crippen molar-refractivity contribution in [2.24, 2.45) is 5.73 Å². The summed E-state index contributed by atoms with van der Waals surface area (Å²) in [4.78, 5) is 32.1. The molecule has 1 atom stereocenters. The van der Waals surface area contributed by atoms with Gasteiger partial charge in [0.05, 0.1) is 13.2 Å². The van der Waals surface area contributed by atoms with Crippen LogP contribution in [-0.2, 0) is 22.5 Å². The van der Waals surface area contributed by atoms with Crippen molar-refractivity contribution in [3.8, 4) is 0 Å². The largest absolute Gasteiger partial charge is 0.378 e. The maximum atomic E-state index is 13.3. The number of nitrogens with two attached hydrogens (primary N) is 1. The third-order valence-corrected chi connectivity index (χ3v) is 5.84. The van der Waals surface area contributed by atoms with Gasteiger partial charge in [0.15, 0.2) is 0 Å². The molecule has 0 spiro atoms. The van der Waals surface area contributed by atoms with E-state index in [9.17, 15) is 9.59 Å². The van der Waals surface area contributed by atoms with Gasteiger partial charge in [0.2, 0.25) is 5.91 Å². The molecule has 2 heterocycles. The second-order valence-electron chi connectivity index (χ2n) is 8.05. The van der Waals surface area contributed by atoms with E-state index in [0.29, 0.717) is 26.2 Å². The van der Waals surface area contributed by atoms with Crippen LogP contribution in [-0.4, -0.2) is 61.2 Å². The highest BCUT2D eigenvalue weighted by molar-refractivity contribution is 5.89. The highest BCUT2D eigenvalue weighted by Crippen LogP contribution is 2.24. The lowest BCUT2D eigenvalue weighted by Gasteiger charge is -2.32. The summed E-state index contributed by atoms with van der Waals surface area (Å²) in [6, 6.07) is 14.5. The van der Waals surface area contributed by atoms with Gasteiger partial charge in [-0.1, -0.05) is 36.4 Å². The monoisotopic (exact) mass is 435 g/mol. The van der Waals surface area contributed by atoms with E-state index in [-0.39, 0.29) is 5.91 Å². The van der Waals surface area contributed by atoms with Crippen LogP contribution in [0.2, 0.25) is 0 Å². The Balaban J connectivity index is 1.52. The van der Waals surface area contributed by atoms with Crippen molar-refractivity contribution in [3.63, 3.8) is 0 Å². The summed E-state index contributed by atoms with van der Waals surface area (Å²) in [5, 5.41) is 3.66. The van der Waals surface area contributed by atoms with Gasteiger partial charge >= 0.3 is 6.03 Å². The quantitative estimate of drug-likeness (QED) is 0.529. The molecule has 0 unspecified atom stereocenters. The molecular weight excluding hydrogens is 406 g/mol. The summed E-state index contributed by atoms with van der Waals surface area (Å²) in [6.45, 7) is 3.45. The zero-order valence-electron chi connectivity index (χ0n) is 18.2. The summed E-state index contributed by atoms with van der Waals surface area (Å²) in [6.07, 6.45) is 2.22. The van der Waals surface area contributed by atoms with Crippen molar-refractivity contribution in [1.29, 1.82) is 0 Å². The molecule has 4 N–H and O–H groups in total. The summed E-state index contributed by atoms with van der Waals surface area (Å²) >= 11 is 0. The number of anilines is 1. The lowest BCUT2D eigenvalue weighted by Crippen LogP contribution is -2.50. The van der Waals surface area contributed by atoms with Crippen LogP contribution in [0.1, 0.15) is 11.1 Å². The number of aromatic nitrogens is 1. The van der Waals surface area contributed by atoms with Crippen LogP contribution in [0.3, 0.4) is 0 Å². The molecule has 4 rings (SSSR count). The number of aromatic amines is 1. The van der Waals surface area contributed by atoms with Crippen LogP contribution in [0.25, 0.3) is 10.9 Å². The molecule has 1 aliphatic heterocycles. The molecular formula is C24H29N5O3. The number of para-hydroxylation sites is 2. The smallest absolute Gasteiger partial charge is 0.312 e. The van der Waals surface area contributed by atoms with Crippen LogP contribution < -0.4 is 16.0 Å².